The molecular formula is C11H18O6. The molecule has 98 valence electrons. The van der Waals surface area contributed by atoms with Crippen molar-refractivity contribution < 1.29 is 29.7 Å². The van der Waals surface area contributed by atoms with E-state index >= 15 is 0 Å². The van der Waals surface area contributed by atoms with Crippen molar-refractivity contribution in [3.05, 3.63) is 24.3 Å². The van der Waals surface area contributed by atoms with Crippen molar-refractivity contribution in [2.24, 2.45) is 0 Å². The molecule has 0 unspecified atom stereocenters. The quantitative estimate of drug-likeness (QED) is 0.654. The van der Waals surface area contributed by atoms with Gasteiger partial charge < -0.3 is 15.3 Å². The van der Waals surface area contributed by atoms with Gasteiger partial charge in [0.25, 0.3) is 0 Å². The fraction of sp³-hybridized carbons (Fsp3) is 0.364. The van der Waals surface area contributed by atoms with Gasteiger partial charge in [0.05, 0.1) is 0 Å². The average Bonchev–Trinajstić information content (AvgIpc) is 2.19. The summed E-state index contributed by atoms with van der Waals surface area (Å²) in [5, 5.41) is 23.5. The van der Waals surface area contributed by atoms with Gasteiger partial charge in [0.1, 0.15) is 0 Å². The molecule has 0 aromatic rings. The summed E-state index contributed by atoms with van der Waals surface area (Å²) < 4.78 is 0. The Morgan fingerprint density at radius 1 is 0.882 bits per heavy atom. The smallest absolute Gasteiger partial charge is 0.330 e. The second kappa shape index (κ2) is 12.0. The van der Waals surface area contributed by atoms with E-state index in [-0.39, 0.29) is 17.6 Å². The molecule has 0 saturated heterocycles. The van der Waals surface area contributed by atoms with Crippen LogP contribution in [-0.2, 0) is 14.4 Å². The van der Waals surface area contributed by atoms with Crippen LogP contribution >= 0.6 is 0 Å². The molecule has 0 rings (SSSR count). The molecule has 0 aliphatic carbocycles. The lowest BCUT2D eigenvalue weighted by molar-refractivity contribution is -0.136. The summed E-state index contributed by atoms with van der Waals surface area (Å²) in [6.07, 6.45) is 0.222. The van der Waals surface area contributed by atoms with Crippen LogP contribution in [0.4, 0.5) is 0 Å². The first-order valence-electron chi connectivity index (χ1n) is 4.55. The van der Waals surface area contributed by atoms with Crippen LogP contribution < -0.4 is 0 Å². The predicted octanol–water partition coefficient (Wildman–Crippen LogP) is 1.78. The number of rotatable bonds is 3. The van der Waals surface area contributed by atoms with Crippen molar-refractivity contribution in [1.82, 2.24) is 0 Å². The molecule has 0 radical (unpaired) electrons. The lowest BCUT2D eigenvalue weighted by Gasteiger charge is -1.79. The number of hydrogen-bond donors (Lipinski definition) is 3. The van der Waals surface area contributed by atoms with Crippen LogP contribution in [0.1, 0.15) is 27.2 Å². The molecule has 0 bridgehead atoms. The van der Waals surface area contributed by atoms with Crippen LogP contribution in [-0.4, -0.2) is 33.2 Å². The van der Waals surface area contributed by atoms with E-state index in [0.29, 0.717) is 0 Å². The van der Waals surface area contributed by atoms with Crippen LogP contribution in [0.25, 0.3) is 0 Å². The molecule has 17 heavy (non-hydrogen) atoms. The molecule has 6 nitrogen and oxygen atoms in total. The van der Waals surface area contributed by atoms with Crippen LogP contribution in [0.15, 0.2) is 24.3 Å². The Balaban J connectivity index is -0.000000174. The number of carbonyl (C=O) groups is 3. The van der Waals surface area contributed by atoms with Crippen molar-refractivity contribution in [2.45, 2.75) is 27.2 Å². The molecule has 0 fully saturated rings. The molecule has 0 spiro atoms. The second-order valence-corrected chi connectivity index (χ2v) is 2.92. The Morgan fingerprint density at radius 3 is 1.00 bits per heavy atom. The van der Waals surface area contributed by atoms with Gasteiger partial charge in [0, 0.05) is 17.6 Å². The zero-order valence-corrected chi connectivity index (χ0v) is 10.2. The Kier molecular flexibility index (Phi) is 14.3. The zero-order valence-electron chi connectivity index (χ0n) is 10.2. The Bertz CT molecular complexity index is 255. The summed E-state index contributed by atoms with van der Waals surface area (Å²) >= 11 is 0. The van der Waals surface area contributed by atoms with Crippen molar-refractivity contribution in [1.29, 1.82) is 0 Å². The fourth-order valence-electron chi connectivity index (χ4n) is 0. The highest BCUT2D eigenvalue weighted by atomic mass is 16.4. The lowest BCUT2D eigenvalue weighted by atomic mass is 10.4. The van der Waals surface area contributed by atoms with E-state index in [1.54, 1.807) is 6.92 Å². The van der Waals surface area contributed by atoms with Crippen molar-refractivity contribution in [3.63, 3.8) is 0 Å². The van der Waals surface area contributed by atoms with Gasteiger partial charge in [0.2, 0.25) is 0 Å². The largest absolute Gasteiger partial charge is 0.481 e. The number of hydrogen-bond acceptors (Lipinski definition) is 3. The van der Waals surface area contributed by atoms with Crippen molar-refractivity contribution in [3.8, 4) is 0 Å². The summed E-state index contributed by atoms with van der Waals surface area (Å²) in [6, 6.07) is 0. The van der Waals surface area contributed by atoms with E-state index in [4.69, 9.17) is 15.3 Å². The summed E-state index contributed by atoms with van der Waals surface area (Å²) in [5.41, 5.74) is 0.352. The highest BCUT2D eigenvalue weighted by Crippen LogP contribution is 1.81. The average molecular weight is 246 g/mol. The molecule has 0 aliphatic rings. The van der Waals surface area contributed by atoms with E-state index in [9.17, 15) is 14.4 Å². The van der Waals surface area contributed by atoms with Crippen molar-refractivity contribution >= 4 is 17.9 Å². The molecule has 0 amide bonds. The Labute approximate surface area is 99.9 Å². The van der Waals surface area contributed by atoms with Crippen LogP contribution in [0.5, 0.6) is 0 Å². The van der Waals surface area contributed by atoms with Crippen molar-refractivity contribution in [2.75, 3.05) is 0 Å². The summed E-state index contributed by atoms with van der Waals surface area (Å²) in [5.74, 6) is -2.62. The van der Waals surface area contributed by atoms with Crippen LogP contribution in [0, 0.1) is 0 Å². The van der Waals surface area contributed by atoms with E-state index in [0.717, 1.165) is 0 Å². The Morgan fingerprint density at radius 2 is 1.00 bits per heavy atom. The molecule has 6 heteroatoms. The molecule has 0 aliphatic heterocycles. The zero-order chi connectivity index (χ0) is 14.6. The highest BCUT2D eigenvalue weighted by Gasteiger charge is 1.90. The van der Waals surface area contributed by atoms with E-state index in [1.165, 1.54) is 13.8 Å². The second-order valence-electron chi connectivity index (χ2n) is 2.92. The van der Waals surface area contributed by atoms with Crippen LogP contribution in [0.3, 0.4) is 0 Å². The standard InChI is InChI=1S/2C4H6O2.C3H6O2/c2*1-3(2)4(5)6;1-2-3(4)5/h2*1H2,2H3,(H,5,6);2H2,1H3,(H,4,5). The third-order valence-electron chi connectivity index (χ3n) is 1.03. The number of aliphatic carboxylic acids is 3. The Hall–Kier alpha value is -2.11. The minimum absolute atomic E-state index is 0.176. The minimum Gasteiger partial charge on any atom is -0.481 e. The van der Waals surface area contributed by atoms with Gasteiger partial charge in [-0.15, -0.1) is 0 Å². The van der Waals surface area contributed by atoms with Crippen LogP contribution in [0.2, 0.25) is 0 Å². The van der Waals surface area contributed by atoms with E-state index in [2.05, 4.69) is 13.2 Å². The first kappa shape index (κ1) is 20.3. The number of carboxylic acid groups (broad SMARTS) is 3. The summed E-state index contributed by atoms with van der Waals surface area (Å²) in [7, 11) is 0. The first-order valence-corrected chi connectivity index (χ1v) is 4.55. The van der Waals surface area contributed by atoms with Gasteiger partial charge in [-0.05, 0) is 13.8 Å². The molecule has 3 N–H and O–H groups in total. The van der Waals surface area contributed by atoms with Gasteiger partial charge in [0.15, 0.2) is 0 Å². The SMILES string of the molecule is C=C(C)C(=O)O.C=C(C)C(=O)O.CCC(=O)O. The van der Waals surface area contributed by atoms with Gasteiger partial charge in [-0.3, -0.25) is 4.79 Å². The minimum atomic E-state index is -0.935. The molecular weight excluding hydrogens is 228 g/mol. The monoisotopic (exact) mass is 246 g/mol. The topological polar surface area (TPSA) is 112 Å². The molecule has 0 saturated carbocycles. The number of carboxylic acids is 3. The molecule has 0 heterocycles. The third kappa shape index (κ3) is 31.5. The molecule has 0 aromatic heterocycles. The van der Waals surface area contributed by atoms with E-state index < -0.39 is 17.9 Å². The predicted molar refractivity (Wildman–Crippen MR) is 62.8 cm³/mol. The summed E-state index contributed by atoms with van der Waals surface area (Å²) in [4.78, 5) is 28.6. The van der Waals surface area contributed by atoms with Gasteiger partial charge >= 0.3 is 17.9 Å². The lowest BCUT2D eigenvalue weighted by Crippen LogP contribution is -1.92. The highest BCUT2D eigenvalue weighted by molar-refractivity contribution is 5.85. The van der Waals surface area contributed by atoms with Gasteiger partial charge in [-0.1, -0.05) is 20.1 Å². The van der Waals surface area contributed by atoms with Gasteiger partial charge in [-0.25, -0.2) is 9.59 Å². The molecule has 0 atom stereocenters. The maximum atomic E-state index is 9.60. The molecule has 0 aromatic carbocycles. The maximum absolute atomic E-state index is 9.60. The fourth-order valence-corrected chi connectivity index (χ4v) is 0. The maximum Gasteiger partial charge on any atom is 0.330 e. The summed E-state index contributed by atoms with van der Waals surface area (Å²) in [6.45, 7) is 10.8. The van der Waals surface area contributed by atoms with E-state index in [1.807, 2.05) is 0 Å². The normalized spacial score (nSPS) is 7.47. The first-order chi connectivity index (χ1) is 7.56. The van der Waals surface area contributed by atoms with Gasteiger partial charge in [-0.2, -0.15) is 0 Å². The third-order valence-corrected chi connectivity index (χ3v) is 1.03.